The molecule has 0 saturated carbocycles. The van der Waals surface area contributed by atoms with Crippen molar-refractivity contribution in [2.75, 3.05) is 20.2 Å². The highest BCUT2D eigenvalue weighted by Gasteiger charge is 2.32. The summed E-state index contributed by atoms with van der Waals surface area (Å²) in [6, 6.07) is 6.03. The van der Waals surface area contributed by atoms with E-state index >= 15 is 0 Å². The number of hydrogen-bond acceptors (Lipinski definition) is 5. The Morgan fingerprint density at radius 2 is 2.38 bits per heavy atom. The van der Waals surface area contributed by atoms with Crippen LogP contribution in [-0.2, 0) is 0 Å². The lowest BCUT2D eigenvalue weighted by Crippen LogP contribution is -2.20. The van der Waals surface area contributed by atoms with Crippen LogP contribution in [0.2, 0.25) is 0 Å². The standard InChI is InChI=1S/C16H14N2O2S/c1-3-14-15(18-6-5-17-16(18)21-14)10-8-12(19-2)11-4-7-20-13(11)9-10/h3-4,7-9H,1,5-6H2,2H3. The Balaban J connectivity index is 1.92. The normalized spacial score (nSPS) is 17.4. The van der Waals surface area contributed by atoms with Crippen molar-refractivity contribution in [2.24, 2.45) is 4.99 Å². The van der Waals surface area contributed by atoms with Crippen LogP contribution in [0.5, 0.6) is 5.75 Å². The van der Waals surface area contributed by atoms with E-state index in [4.69, 9.17) is 9.15 Å². The number of thioether (sulfide) groups is 1. The second-order valence-electron chi connectivity index (χ2n) is 4.85. The molecule has 106 valence electrons. The number of hydrogen-bond donors (Lipinski definition) is 0. The van der Waals surface area contributed by atoms with Crippen LogP contribution in [0.15, 0.2) is 51.4 Å². The first kappa shape index (κ1) is 12.6. The second kappa shape index (κ2) is 4.70. The van der Waals surface area contributed by atoms with Crippen LogP contribution >= 0.6 is 11.8 Å². The molecule has 2 aliphatic heterocycles. The zero-order chi connectivity index (χ0) is 14.4. The molecule has 4 rings (SSSR count). The summed E-state index contributed by atoms with van der Waals surface area (Å²) in [6.45, 7) is 5.68. The number of nitrogens with zero attached hydrogens (tertiary/aromatic N) is 2. The number of allylic oxidation sites excluding steroid dienone is 1. The van der Waals surface area contributed by atoms with Crippen LogP contribution in [0.3, 0.4) is 0 Å². The van der Waals surface area contributed by atoms with Crippen LogP contribution in [-0.4, -0.2) is 30.3 Å². The number of furan rings is 1. The summed E-state index contributed by atoms with van der Waals surface area (Å²) in [5.41, 5.74) is 3.04. The van der Waals surface area contributed by atoms with Gasteiger partial charge in [0.15, 0.2) is 5.17 Å². The largest absolute Gasteiger partial charge is 0.496 e. The third-order valence-electron chi connectivity index (χ3n) is 3.72. The Kier molecular flexibility index (Phi) is 2.82. The van der Waals surface area contributed by atoms with Crippen molar-refractivity contribution in [3.05, 3.63) is 47.6 Å². The summed E-state index contributed by atoms with van der Waals surface area (Å²) in [6.07, 6.45) is 3.57. The second-order valence-corrected chi connectivity index (χ2v) is 5.85. The Morgan fingerprint density at radius 1 is 1.48 bits per heavy atom. The molecule has 0 spiro atoms. The molecule has 2 aliphatic rings. The van der Waals surface area contributed by atoms with E-state index in [0.29, 0.717) is 0 Å². The Morgan fingerprint density at radius 3 is 3.19 bits per heavy atom. The van der Waals surface area contributed by atoms with Crippen molar-refractivity contribution < 1.29 is 9.15 Å². The predicted molar refractivity (Wildman–Crippen MR) is 86.5 cm³/mol. The Bertz CT molecular complexity index is 804. The summed E-state index contributed by atoms with van der Waals surface area (Å²) in [7, 11) is 1.68. The topological polar surface area (TPSA) is 38.0 Å². The van der Waals surface area contributed by atoms with Crippen molar-refractivity contribution >= 4 is 33.6 Å². The molecule has 0 fully saturated rings. The highest BCUT2D eigenvalue weighted by Crippen LogP contribution is 2.43. The molecule has 0 atom stereocenters. The first-order valence-electron chi connectivity index (χ1n) is 6.74. The molecular formula is C16H14N2O2S. The molecule has 1 aromatic carbocycles. The summed E-state index contributed by atoms with van der Waals surface area (Å²) < 4.78 is 11.1. The smallest absolute Gasteiger partial charge is 0.168 e. The van der Waals surface area contributed by atoms with Gasteiger partial charge in [0.05, 0.1) is 31.0 Å². The van der Waals surface area contributed by atoms with E-state index in [2.05, 4.69) is 28.6 Å². The molecule has 0 N–H and O–H groups in total. The minimum absolute atomic E-state index is 0.821. The Hall–Kier alpha value is -2.14. The van der Waals surface area contributed by atoms with Crippen molar-refractivity contribution in [3.63, 3.8) is 0 Å². The summed E-state index contributed by atoms with van der Waals surface area (Å²) in [5, 5.41) is 2.04. The predicted octanol–water partition coefficient (Wildman–Crippen LogP) is 3.71. The molecule has 1 aromatic heterocycles. The van der Waals surface area contributed by atoms with Crippen LogP contribution in [0.25, 0.3) is 16.7 Å². The molecule has 5 heteroatoms. The fraction of sp³-hybridized carbons (Fsp3) is 0.188. The van der Waals surface area contributed by atoms with Gasteiger partial charge in [0.2, 0.25) is 0 Å². The number of aliphatic imine (C=N–C) groups is 1. The van der Waals surface area contributed by atoms with E-state index in [9.17, 15) is 0 Å². The van der Waals surface area contributed by atoms with Crippen molar-refractivity contribution in [1.82, 2.24) is 4.90 Å². The molecule has 0 radical (unpaired) electrons. The first-order valence-corrected chi connectivity index (χ1v) is 7.55. The van der Waals surface area contributed by atoms with E-state index < -0.39 is 0 Å². The monoisotopic (exact) mass is 298 g/mol. The summed E-state index contributed by atoms with van der Waals surface area (Å²) in [5.74, 6) is 0.821. The number of benzene rings is 1. The van der Waals surface area contributed by atoms with Gasteiger partial charge in [-0.15, -0.1) is 0 Å². The number of rotatable bonds is 3. The molecule has 0 saturated heterocycles. The van der Waals surface area contributed by atoms with Crippen LogP contribution < -0.4 is 4.74 Å². The molecule has 0 bridgehead atoms. The van der Waals surface area contributed by atoms with E-state index in [1.807, 2.05) is 12.1 Å². The summed E-state index contributed by atoms with van der Waals surface area (Å²) in [4.78, 5) is 7.90. The highest BCUT2D eigenvalue weighted by atomic mass is 32.2. The SMILES string of the molecule is C=CC1=C(c2cc(OC)c3ccoc3c2)N2CCN=C2S1. The lowest BCUT2D eigenvalue weighted by molar-refractivity contribution is 0.419. The van der Waals surface area contributed by atoms with Gasteiger partial charge >= 0.3 is 0 Å². The lowest BCUT2D eigenvalue weighted by Gasteiger charge is -2.17. The minimum atomic E-state index is 0.821. The lowest BCUT2D eigenvalue weighted by atomic mass is 10.1. The molecule has 4 nitrogen and oxygen atoms in total. The van der Waals surface area contributed by atoms with Gasteiger partial charge in [-0.05, 0) is 30.0 Å². The average Bonchev–Trinajstić information content (AvgIpc) is 3.19. The van der Waals surface area contributed by atoms with Crippen molar-refractivity contribution in [3.8, 4) is 5.75 Å². The van der Waals surface area contributed by atoms with Gasteiger partial charge in [0.1, 0.15) is 11.3 Å². The maximum Gasteiger partial charge on any atom is 0.168 e. The van der Waals surface area contributed by atoms with Gasteiger partial charge in [-0.1, -0.05) is 12.7 Å². The zero-order valence-electron chi connectivity index (χ0n) is 11.6. The molecule has 0 aliphatic carbocycles. The maximum atomic E-state index is 5.56. The number of fused-ring (bicyclic) bond motifs is 2. The third kappa shape index (κ3) is 1.81. The number of ether oxygens (including phenoxy) is 1. The molecule has 2 aromatic rings. The maximum absolute atomic E-state index is 5.56. The molecule has 3 heterocycles. The van der Waals surface area contributed by atoms with E-state index in [1.54, 1.807) is 25.1 Å². The minimum Gasteiger partial charge on any atom is -0.496 e. The molecule has 0 unspecified atom stereocenters. The van der Waals surface area contributed by atoms with Gasteiger partial charge in [-0.25, -0.2) is 0 Å². The molecular weight excluding hydrogens is 284 g/mol. The number of methoxy groups -OCH3 is 1. The van der Waals surface area contributed by atoms with Crippen molar-refractivity contribution in [1.29, 1.82) is 0 Å². The van der Waals surface area contributed by atoms with Crippen LogP contribution in [0, 0.1) is 0 Å². The van der Waals surface area contributed by atoms with E-state index in [-0.39, 0.29) is 0 Å². The average molecular weight is 298 g/mol. The van der Waals surface area contributed by atoms with E-state index in [1.165, 1.54) is 0 Å². The van der Waals surface area contributed by atoms with Gasteiger partial charge in [-0.3, -0.25) is 4.99 Å². The quantitative estimate of drug-likeness (QED) is 0.865. The van der Waals surface area contributed by atoms with Gasteiger partial charge in [0.25, 0.3) is 0 Å². The highest BCUT2D eigenvalue weighted by molar-refractivity contribution is 8.17. The van der Waals surface area contributed by atoms with Crippen LogP contribution in [0.4, 0.5) is 0 Å². The fourth-order valence-electron chi connectivity index (χ4n) is 2.78. The molecule has 0 amide bonds. The number of amidine groups is 1. The summed E-state index contributed by atoms with van der Waals surface area (Å²) >= 11 is 1.67. The third-order valence-corrected chi connectivity index (χ3v) is 4.83. The van der Waals surface area contributed by atoms with Crippen LogP contribution in [0.1, 0.15) is 5.56 Å². The van der Waals surface area contributed by atoms with Crippen molar-refractivity contribution in [2.45, 2.75) is 0 Å². The van der Waals surface area contributed by atoms with Gasteiger partial charge in [0, 0.05) is 17.0 Å². The van der Waals surface area contributed by atoms with Gasteiger partial charge in [-0.2, -0.15) is 0 Å². The first-order chi connectivity index (χ1) is 10.3. The molecule has 21 heavy (non-hydrogen) atoms. The fourth-order valence-corrected chi connectivity index (χ4v) is 3.83. The Labute approximate surface area is 126 Å². The zero-order valence-corrected chi connectivity index (χ0v) is 12.4. The van der Waals surface area contributed by atoms with E-state index in [0.717, 1.165) is 51.1 Å². The van der Waals surface area contributed by atoms with Gasteiger partial charge < -0.3 is 14.1 Å².